The maximum absolute atomic E-state index is 12.0. The summed E-state index contributed by atoms with van der Waals surface area (Å²) < 4.78 is 1.04. The van der Waals surface area contributed by atoms with Gasteiger partial charge in [-0.25, -0.2) is 0 Å². The topological polar surface area (TPSA) is 17.1 Å². The Bertz CT molecular complexity index is 312. The lowest BCUT2D eigenvalue weighted by Crippen LogP contribution is -2.69. The van der Waals surface area contributed by atoms with Gasteiger partial charge < -0.3 is 0 Å². The molecule has 0 bridgehead atoms. The van der Waals surface area contributed by atoms with Gasteiger partial charge in [0.15, 0.2) is 0 Å². The minimum atomic E-state index is -0.230. The first-order valence-corrected chi connectivity index (χ1v) is 6.87. The molecule has 1 saturated heterocycles. The van der Waals surface area contributed by atoms with Gasteiger partial charge in [0.25, 0.3) is 0 Å². The number of thioether (sulfide) groups is 2. The lowest BCUT2D eigenvalue weighted by Gasteiger charge is -2.62. The Hall–Kier alpha value is 0.460. The van der Waals surface area contributed by atoms with Crippen molar-refractivity contribution in [3.63, 3.8) is 0 Å². The molecule has 1 heterocycles. The van der Waals surface area contributed by atoms with E-state index in [-0.39, 0.29) is 14.9 Å². The molecule has 1 aliphatic carbocycles. The van der Waals surface area contributed by atoms with Crippen molar-refractivity contribution in [1.82, 2.24) is 0 Å². The van der Waals surface area contributed by atoms with Gasteiger partial charge in [0.2, 0.25) is 0 Å². The van der Waals surface area contributed by atoms with Crippen LogP contribution < -0.4 is 0 Å². The first-order chi connectivity index (χ1) is 6.26. The Morgan fingerprint density at radius 1 is 1.21 bits per heavy atom. The van der Waals surface area contributed by atoms with Crippen molar-refractivity contribution in [3.8, 4) is 0 Å². The van der Waals surface area contributed by atoms with Crippen molar-refractivity contribution in [1.29, 1.82) is 0 Å². The van der Waals surface area contributed by atoms with E-state index in [1.54, 1.807) is 11.8 Å². The zero-order chi connectivity index (χ0) is 10.8. The molecule has 0 N–H and O–H groups in total. The van der Waals surface area contributed by atoms with Crippen molar-refractivity contribution in [2.75, 3.05) is 5.75 Å². The molecule has 1 saturated carbocycles. The monoisotopic (exact) mass is 246 g/mol. The summed E-state index contributed by atoms with van der Waals surface area (Å²) in [7, 11) is 0. The largest absolute Gasteiger partial charge is 0.298 e. The fourth-order valence-corrected chi connectivity index (χ4v) is 6.88. The number of ketones is 1. The maximum atomic E-state index is 12.0. The van der Waals surface area contributed by atoms with E-state index in [4.69, 9.17) is 12.2 Å². The lowest BCUT2D eigenvalue weighted by molar-refractivity contribution is -0.152. The van der Waals surface area contributed by atoms with E-state index in [9.17, 15) is 4.79 Å². The van der Waals surface area contributed by atoms with Gasteiger partial charge in [-0.2, -0.15) is 0 Å². The number of Topliss-reactive ketones (excluding diaryl/α,β-unsaturated/α-hetero) is 1. The molecule has 14 heavy (non-hydrogen) atoms. The van der Waals surface area contributed by atoms with E-state index in [0.29, 0.717) is 5.78 Å². The van der Waals surface area contributed by atoms with E-state index in [0.717, 1.165) is 9.95 Å². The van der Waals surface area contributed by atoms with Gasteiger partial charge in [0, 0.05) is 16.6 Å². The summed E-state index contributed by atoms with van der Waals surface area (Å²) in [5.41, 5.74) is -0.460. The Kier molecular flexibility index (Phi) is 2.17. The zero-order valence-electron chi connectivity index (χ0n) is 8.84. The SMILES string of the molecule is CC1(C)C(=O)C(C)(C)C12SCC(=S)S2. The third-order valence-electron chi connectivity index (χ3n) is 3.43. The van der Waals surface area contributed by atoms with Crippen molar-refractivity contribution >= 4 is 45.7 Å². The standard InChI is InChI=1S/C10H14OS3/c1-8(2)7(11)9(3,4)10(8)13-5-6(12)14-10/h5H2,1-4H3. The number of carbonyl (C=O) groups is 1. The molecule has 0 aromatic heterocycles. The summed E-state index contributed by atoms with van der Waals surface area (Å²) in [5, 5.41) is 0. The fraction of sp³-hybridized carbons (Fsp3) is 0.800. The highest BCUT2D eigenvalue weighted by molar-refractivity contribution is 8.36. The molecule has 78 valence electrons. The Balaban J connectivity index is 2.44. The molecule has 1 aliphatic heterocycles. The predicted octanol–water partition coefficient (Wildman–Crippen LogP) is 3.13. The van der Waals surface area contributed by atoms with Crippen molar-refractivity contribution in [2.24, 2.45) is 10.8 Å². The molecule has 0 aromatic rings. The highest BCUT2D eigenvalue weighted by atomic mass is 32.2. The predicted molar refractivity (Wildman–Crippen MR) is 67.9 cm³/mol. The zero-order valence-corrected chi connectivity index (χ0v) is 11.3. The van der Waals surface area contributed by atoms with Gasteiger partial charge in [0.05, 0.1) is 8.28 Å². The van der Waals surface area contributed by atoms with Gasteiger partial charge in [-0.05, 0) is 0 Å². The second-order valence-electron chi connectivity index (χ2n) is 4.96. The number of rotatable bonds is 0. The highest BCUT2D eigenvalue weighted by Gasteiger charge is 2.74. The number of carbonyl (C=O) groups excluding carboxylic acids is 1. The number of hydrogen-bond acceptors (Lipinski definition) is 4. The minimum Gasteiger partial charge on any atom is -0.298 e. The highest BCUT2D eigenvalue weighted by Crippen LogP contribution is 2.73. The van der Waals surface area contributed by atoms with Gasteiger partial charge in [0.1, 0.15) is 5.78 Å². The summed E-state index contributed by atoms with van der Waals surface area (Å²) in [6, 6.07) is 0. The first-order valence-electron chi connectivity index (χ1n) is 4.66. The fourth-order valence-electron chi connectivity index (χ4n) is 2.79. The molecule has 0 radical (unpaired) electrons. The van der Waals surface area contributed by atoms with E-state index in [2.05, 4.69) is 27.7 Å². The second-order valence-corrected chi connectivity index (χ2v) is 8.47. The molecule has 2 fully saturated rings. The Morgan fingerprint density at radius 3 is 2.07 bits per heavy atom. The molecule has 2 aliphatic rings. The number of hydrogen-bond donors (Lipinski definition) is 0. The van der Waals surface area contributed by atoms with E-state index in [1.165, 1.54) is 0 Å². The number of thiocarbonyl (C=S) groups is 1. The van der Waals surface area contributed by atoms with Crippen molar-refractivity contribution in [2.45, 2.75) is 31.8 Å². The molecule has 0 atom stereocenters. The van der Waals surface area contributed by atoms with Crippen LogP contribution in [-0.4, -0.2) is 19.8 Å². The van der Waals surface area contributed by atoms with Crippen LogP contribution in [0.1, 0.15) is 27.7 Å². The molecule has 0 unspecified atom stereocenters. The molecule has 1 spiro atoms. The molecule has 2 rings (SSSR count). The van der Waals surface area contributed by atoms with Crippen molar-refractivity contribution in [3.05, 3.63) is 0 Å². The normalized spacial score (nSPS) is 32.0. The molecule has 0 aromatic carbocycles. The Labute approximate surface area is 98.8 Å². The van der Waals surface area contributed by atoms with Crippen LogP contribution in [-0.2, 0) is 4.79 Å². The average Bonchev–Trinajstić information content (AvgIpc) is 2.48. The van der Waals surface area contributed by atoms with Gasteiger partial charge >= 0.3 is 0 Å². The van der Waals surface area contributed by atoms with Gasteiger partial charge in [-0.1, -0.05) is 51.7 Å². The lowest BCUT2D eigenvalue weighted by atomic mass is 9.53. The van der Waals surface area contributed by atoms with Crippen LogP contribution in [0.3, 0.4) is 0 Å². The summed E-state index contributed by atoms with van der Waals surface area (Å²) in [6.45, 7) is 8.20. The Morgan fingerprint density at radius 2 is 1.71 bits per heavy atom. The van der Waals surface area contributed by atoms with Crippen LogP contribution in [0.25, 0.3) is 0 Å². The van der Waals surface area contributed by atoms with Crippen LogP contribution in [0.2, 0.25) is 0 Å². The summed E-state index contributed by atoms with van der Waals surface area (Å²) in [5.74, 6) is 1.29. The maximum Gasteiger partial charge on any atom is 0.148 e. The van der Waals surface area contributed by atoms with Gasteiger partial charge in [-0.15, -0.1) is 11.8 Å². The molecular formula is C10H14OS3. The average molecular weight is 246 g/mol. The van der Waals surface area contributed by atoms with Crippen LogP contribution in [0.4, 0.5) is 0 Å². The summed E-state index contributed by atoms with van der Waals surface area (Å²) in [4.78, 5) is 12.0. The van der Waals surface area contributed by atoms with Crippen LogP contribution in [0.5, 0.6) is 0 Å². The molecule has 1 nitrogen and oxygen atoms in total. The van der Waals surface area contributed by atoms with E-state index in [1.807, 2.05) is 11.8 Å². The smallest absolute Gasteiger partial charge is 0.148 e. The quantitative estimate of drug-likeness (QED) is 0.611. The minimum absolute atomic E-state index is 0.00579. The summed E-state index contributed by atoms with van der Waals surface area (Å²) >= 11 is 8.85. The van der Waals surface area contributed by atoms with Crippen LogP contribution >= 0.6 is 35.7 Å². The molecule has 4 heteroatoms. The first kappa shape index (κ1) is 11.0. The second kappa shape index (κ2) is 2.77. The van der Waals surface area contributed by atoms with E-state index >= 15 is 0 Å². The third-order valence-corrected chi connectivity index (χ3v) is 8.34. The summed E-state index contributed by atoms with van der Waals surface area (Å²) in [6.07, 6.45) is 0. The van der Waals surface area contributed by atoms with Crippen molar-refractivity contribution < 1.29 is 4.79 Å². The van der Waals surface area contributed by atoms with Crippen LogP contribution in [0, 0.1) is 10.8 Å². The molecule has 0 amide bonds. The van der Waals surface area contributed by atoms with Crippen LogP contribution in [0.15, 0.2) is 0 Å². The van der Waals surface area contributed by atoms with E-state index < -0.39 is 0 Å². The third kappa shape index (κ3) is 0.952. The molecular weight excluding hydrogens is 232 g/mol. The van der Waals surface area contributed by atoms with Gasteiger partial charge in [-0.3, -0.25) is 4.79 Å².